The molecule has 0 aromatic heterocycles. The van der Waals surface area contributed by atoms with Crippen molar-refractivity contribution in [3.63, 3.8) is 0 Å². The Morgan fingerprint density at radius 3 is 2.39 bits per heavy atom. The number of ketones is 1. The first-order valence-electron chi connectivity index (χ1n) is 5.64. The monoisotopic (exact) mass is 249 g/mol. The fourth-order valence-corrected chi connectivity index (χ4v) is 1.34. The van der Waals surface area contributed by atoms with Crippen molar-refractivity contribution in [2.24, 2.45) is 0 Å². The van der Waals surface area contributed by atoms with Crippen LogP contribution in [0, 0.1) is 0 Å². The van der Waals surface area contributed by atoms with Crippen molar-refractivity contribution in [1.29, 1.82) is 0 Å². The first-order valence-corrected chi connectivity index (χ1v) is 5.64. The summed E-state index contributed by atoms with van der Waals surface area (Å²) in [5.41, 5.74) is 0.617. The van der Waals surface area contributed by atoms with Gasteiger partial charge in [-0.15, -0.1) is 0 Å². The second-order valence-electron chi connectivity index (χ2n) is 3.61. The van der Waals surface area contributed by atoms with Crippen LogP contribution in [0.1, 0.15) is 19.8 Å². The van der Waals surface area contributed by atoms with Crippen LogP contribution in [-0.4, -0.2) is 24.3 Å². The minimum absolute atomic E-state index is 0.225. The Bertz CT molecular complexity index is 428. The molecule has 18 heavy (non-hydrogen) atoms. The van der Waals surface area contributed by atoms with E-state index in [1.807, 2.05) is 6.07 Å². The molecule has 5 nitrogen and oxygen atoms in total. The highest BCUT2D eigenvalue weighted by molar-refractivity contribution is 6.08. The third-order valence-corrected chi connectivity index (χ3v) is 2.06. The van der Waals surface area contributed by atoms with Crippen molar-refractivity contribution in [2.45, 2.75) is 19.8 Å². The molecular weight excluding hydrogens is 234 g/mol. The summed E-state index contributed by atoms with van der Waals surface area (Å²) in [5.74, 6) is -1.49. The number of esters is 1. The number of amides is 1. The topological polar surface area (TPSA) is 72.5 Å². The van der Waals surface area contributed by atoms with Gasteiger partial charge in [0.1, 0.15) is 6.42 Å². The van der Waals surface area contributed by atoms with Gasteiger partial charge in [-0.1, -0.05) is 18.2 Å². The maximum absolute atomic E-state index is 11.5. The Morgan fingerprint density at radius 2 is 1.78 bits per heavy atom. The van der Waals surface area contributed by atoms with Crippen LogP contribution in [0.25, 0.3) is 0 Å². The molecule has 1 rings (SSSR count). The maximum Gasteiger partial charge on any atom is 0.313 e. The molecule has 0 aliphatic carbocycles. The lowest BCUT2D eigenvalue weighted by Gasteiger charge is -2.04. The van der Waals surface area contributed by atoms with E-state index in [0.29, 0.717) is 5.69 Å². The smallest absolute Gasteiger partial charge is 0.313 e. The second kappa shape index (κ2) is 7.21. The quantitative estimate of drug-likeness (QED) is 0.613. The molecule has 1 aromatic rings. The summed E-state index contributed by atoms with van der Waals surface area (Å²) >= 11 is 0. The van der Waals surface area contributed by atoms with E-state index in [1.54, 1.807) is 31.2 Å². The van der Waals surface area contributed by atoms with Crippen molar-refractivity contribution in [3.8, 4) is 0 Å². The molecule has 0 spiro atoms. The number of ether oxygens (including phenoxy) is 1. The Kier molecular flexibility index (Phi) is 5.57. The van der Waals surface area contributed by atoms with E-state index in [2.05, 4.69) is 10.1 Å². The molecule has 0 radical (unpaired) electrons. The van der Waals surface area contributed by atoms with Gasteiger partial charge in [-0.2, -0.15) is 0 Å². The molecule has 5 heteroatoms. The Balaban J connectivity index is 2.36. The number of Topliss-reactive ketones (excluding diaryl/α,β-unsaturated/α-hetero) is 1. The summed E-state index contributed by atoms with van der Waals surface area (Å²) in [6.45, 7) is 1.88. The van der Waals surface area contributed by atoms with Crippen LogP contribution in [0.15, 0.2) is 30.3 Å². The van der Waals surface area contributed by atoms with Crippen LogP contribution < -0.4 is 5.32 Å². The van der Waals surface area contributed by atoms with Gasteiger partial charge in [-0.3, -0.25) is 14.4 Å². The summed E-state index contributed by atoms with van der Waals surface area (Å²) in [5, 5.41) is 2.57. The lowest BCUT2D eigenvalue weighted by molar-refractivity contribution is -0.145. The van der Waals surface area contributed by atoms with E-state index in [0.717, 1.165) is 0 Å². The maximum atomic E-state index is 11.5. The van der Waals surface area contributed by atoms with Gasteiger partial charge in [0.15, 0.2) is 5.78 Å². The Hall–Kier alpha value is -2.17. The molecule has 0 unspecified atom stereocenters. The van der Waals surface area contributed by atoms with Gasteiger partial charge < -0.3 is 10.1 Å². The summed E-state index contributed by atoms with van der Waals surface area (Å²) in [6, 6.07) is 8.80. The van der Waals surface area contributed by atoms with Crippen LogP contribution >= 0.6 is 0 Å². The minimum Gasteiger partial charge on any atom is -0.466 e. The van der Waals surface area contributed by atoms with Gasteiger partial charge in [0, 0.05) is 5.69 Å². The second-order valence-corrected chi connectivity index (χ2v) is 3.61. The molecule has 0 saturated carbocycles. The fourth-order valence-electron chi connectivity index (χ4n) is 1.34. The average molecular weight is 249 g/mol. The van der Waals surface area contributed by atoms with E-state index in [4.69, 9.17) is 0 Å². The number of rotatable bonds is 6. The number of hydrogen-bond acceptors (Lipinski definition) is 4. The van der Waals surface area contributed by atoms with Crippen molar-refractivity contribution < 1.29 is 19.1 Å². The normalized spacial score (nSPS) is 9.61. The predicted molar refractivity (Wildman–Crippen MR) is 65.9 cm³/mol. The van der Waals surface area contributed by atoms with Gasteiger partial charge in [0.2, 0.25) is 5.91 Å². The standard InChI is InChI=1S/C13H15NO4/c1-2-18-13(17)9-11(15)8-12(16)14-10-6-4-3-5-7-10/h3-7H,2,8-9H2,1H3,(H,14,16). The third-order valence-electron chi connectivity index (χ3n) is 2.06. The number of carbonyl (C=O) groups is 3. The summed E-state index contributed by atoms with van der Waals surface area (Å²) in [6.07, 6.45) is -0.691. The van der Waals surface area contributed by atoms with E-state index in [-0.39, 0.29) is 19.4 Å². The van der Waals surface area contributed by atoms with Crippen LogP contribution in [0.3, 0.4) is 0 Å². The van der Waals surface area contributed by atoms with Crippen LogP contribution in [0.4, 0.5) is 5.69 Å². The number of anilines is 1. The Morgan fingerprint density at radius 1 is 1.11 bits per heavy atom. The molecule has 0 atom stereocenters. The van der Waals surface area contributed by atoms with Gasteiger partial charge >= 0.3 is 5.97 Å². The number of carbonyl (C=O) groups excluding carboxylic acids is 3. The SMILES string of the molecule is CCOC(=O)CC(=O)CC(=O)Nc1ccccc1. The van der Waals surface area contributed by atoms with E-state index in [1.165, 1.54) is 0 Å². The zero-order valence-electron chi connectivity index (χ0n) is 10.1. The van der Waals surface area contributed by atoms with Crippen molar-refractivity contribution in [3.05, 3.63) is 30.3 Å². The van der Waals surface area contributed by atoms with E-state index in [9.17, 15) is 14.4 Å². The molecule has 0 saturated heterocycles. The molecule has 0 bridgehead atoms. The van der Waals surface area contributed by atoms with Gasteiger partial charge in [-0.25, -0.2) is 0 Å². The zero-order chi connectivity index (χ0) is 13.4. The molecular formula is C13H15NO4. The summed E-state index contributed by atoms with van der Waals surface area (Å²) < 4.78 is 4.62. The largest absolute Gasteiger partial charge is 0.466 e. The van der Waals surface area contributed by atoms with Gasteiger partial charge in [0.25, 0.3) is 0 Å². The van der Waals surface area contributed by atoms with Crippen LogP contribution in [0.5, 0.6) is 0 Å². The molecule has 0 heterocycles. The molecule has 1 aromatic carbocycles. The third kappa shape index (κ3) is 5.25. The molecule has 1 N–H and O–H groups in total. The first-order chi connectivity index (χ1) is 8.61. The predicted octanol–water partition coefficient (Wildman–Crippen LogP) is 1.54. The Labute approximate surface area is 105 Å². The summed E-state index contributed by atoms with van der Waals surface area (Å²) in [4.78, 5) is 33.9. The van der Waals surface area contributed by atoms with E-state index < -0.39 is 17.7 Å². The fraction of sp³-hybridized carbons (Fsp3) is 0.308. The van der Waals surface area contributed by atoms with Crippen molar-refractivity contribution in [2.75, 3.05) is 11.9 Å². The molecule has 1 amide bonds. The highest BCUT2D eigenvalue weighted by Crippen LogP contribution is 2.06. The lowest BCUT2D eigenvalue weighted by atomic mass is 10.2. The molecule has 0 aliphatic rings. The molecule has 0 aliphatic heterocycles. The van der Waals surface area contributed by atoms with Gasteiger partial charge in [0.05, 0.1) is 13.0 Å². The molecule has 96 valence electrons. The highest BCUT2D eigenvalue weighted by atomic mass is 16.5. The first kappa shape index (κ1) is 13.9. The minimum atomic E-state index is -0.602. The summed E-state index contributed by atoms with van der Waals surface area (Å²) in [7, 11) is 0. The lowest BCUT2D eigenvalue weighted by Crippen LogP contribution is -2.19. The van der Waals surface area contributed by atoms with E-state index >= 15 is 0 Å². The van der Waals surface area contributed by atoms with Crippen molar-refractivity contribution in [1.82, 2.24) is 0 Å². The highest BCUT2D eigenvalue weighted by Gasteiger charge is 2.14. The van der Waals surface area contributed by atoms with Crippen molar-refractivity contribution >= 4 is 23.3 Å². The number of hydrogen-bond donors (Lipinski definition) is 1. The van der Waals surface area contributed by atoms with Crippen LogP contribution in [-0.2, 0) is 19.1 Å². The van der Waals surface area contributed by atoms with Crippen LogP contribution in [0.2, 0.25) is 0 Å². The number of nitrogens with one attached hydrogen (secondary N) is 1. The zero-order valence-corrected chi connectivity index (χ0v) is 10.1. The average Bonchev–Trinajstić information content (AvgIpc) is 2.29. The van der Waals surface area contributed by atoms with Gasteiger partial charge in [-0.05, 0) is 19.1 Å². The molecule has 0 fully saturated rings. The number of benzene rings is 1. The number of para-hydroxylation sites is 1.